The standard InChI is InChI=1S/C13H23NS/c1-6-13(9(2)3)14-8-12-7-10(4)11(5)15-12/h7,9,13-14H,6,8H2,1-5H3. The molecule has 0 radical (unpaired) electrons. The van der Waals surface area contributed by atoms with Gasteiger partial charge in [-0.3, -0.25) is 0 Å². The highest BCUT2D eigenvalue weighted by molar-refractivity contribution is 7.12. The van der Waals surface area contributed by atoms with Crippen LogP contribution in [0.25, 0.3) is 0 Å². The molecule has 1 N–H and O–H groups in total. The normalized spacial score (nSPS) is 13.5. The van der Waals surface area contributed by atoms with Crippen molar-refractivity contribution < 1.29 is 0 Å². The molecule has 0 bridgehead atoms. The number of nitrogens with one attached hydrogen (secondary N) is 1. The second kappa shape index (κ2) is 5.66. The molecule has 0 fully saturated rings. The lowest BCUT2D eigenvalue weighted by Crippen LogP contribution is -2.32. The van der Waals surface area contributed by atoms with Crippen LogP contribution >= 0.6 is 11.3 Å². The highest BCUT2D eigenvalue weighted by Gasteiger charge is 2.10. The van der Waals surface area contributed by atoms with E-state index in [2.05, 4.69) is 46.0 Å². The Morgan fingerprint density at radius 2 is 2.00 bits per heavy atom. The summed E-state index contributed by atoms with van der Waals surface area (Å²) in [6.07, 6.45) is 1.21. The van der Waals surface area contributed by atoms with E-state index >= 15 is 0 Å². The molecule has 0 spiro atoms. The van der Waals surface area contributed by atoms with Gasteiger partial charge < -0.3 is 5.32 Å². The molecule has 1 rings (SSSR count). The second-order valence-electron chi connectivity index (χ2n) is 4.59. The molecule has 0 aromatic carbocycles. The summed E-state index contributed by atoms with van der Waals surface area (Å²) in [6, 6.07) is 2.95. The smallest absolute Gasteiger partial charge is 0.0302 e. The molecule has 0 aliphatic rings. The topological polar surface area (TPSA) is 12.0 Å². The predicted molar refractivity (Wildman–Crippen MR) is 69.5 cm³/mol. The van der Waals surface area contributed by atoms with E-state index in [9.17, 15) is 0 Å². The van der Waals surface area contributed by atoms with E-state index < -0.39 is 0 Å². The maximum Gasteiger partial charge on any atom is 0.0302 e. The molecule has 0 saturated carbocycles. The van der Waals surface area contributed by atoms with Crippen molar-refractivity contribution in [3.8, 4) is 0 Å². The third-order valence-electron chi connectivity index (χ3n) is 3.00. The predicted octanol–water partition coefficient (Wildman–Crippen LogP) is 3.89. The summed E-state index contributed by atoms with van der Waals surface area (Å²) in [4.78, 5) is 2.91. The van der Waals surface area contributed by atoms with Gasteiger partial charge in [0.15, 0.2) is 0 Å². The van der Waals surface area contributed by atoms with Crippen LogP contribution in [0, 0.1) is 19.8 Å². The minimum atomic E-state index is 0.646. The zero-order valence-electron chi connectivity index (χ0n) is 10.6. The fraction of sp³-hybridized carbons (Fsp3) is 0.692. The fourth-order valence-electron chi connectivity index (χ4n) is 1.82. The van der Waals surface area contributed by atoms with Crippen molar-refractivity contribution in [2.24, 2.45) is 5.92 Å². The Hall–Kier alpha value is -0.340. The zero-order valence-corrected chi connectivity index (χ0v) is 11.4. The third-order valence-corrected chi connectivity index (χ3v) is 4.15. The summed E-state index contributed by atoms with van der Waals surface area (Å²) in [7, 11) is 0. The minimum Gasteiger partial charge on any atom is -0.309 e. The Bertz CT molecular complexity index is 282. The SMILES string of the molecule is CCC(NCc1cc(C)c(C)s1)C(C)C. The first-order chi connectivity index (χ1) is 7.04. The van der Waals surface area contributed by atoms with Crippen LogP contribution in [0.2, 0.25) is 0 Å². The van der Waals surface area contributed by atoms with Crippen LogP contribution < -0.4 is 5.32 Å². The molecule has 0 amide bonds. The van der Waals surface area contributed by atoms with Crippen molar-refractivity contribution in [3.63, 3.8) is 0 Å². The Kier molecular flexibility index (Phi) is 4.81. The molecule has 1 heterocycles. The van der Waals surface area contributed by atoms with Crippen molar-refractivity contribution in [2.45, 2.75) is 53.6 Å². The molecular weight excluding hydrogens is 202 g/mol. The third kappa shape index (κ3) is 3.62. The molecular formula is C13H23NS. The van der Waals surface area contributed by atoms with E-state index in [1.165, 1.54) is 21.7 Å². The van der Waals surface area contributed by atoms with Crippen LogP contribution in [0.15, 0.2) is 6.07 Å². The number of aryl methyl sites for hydroxylation is 2. The van der Waals surface area contributed by atoms with Gasteiger partial charge in [0.25, 0.3) is 0 Å². The summed E-state index contributed by atoms with van der Waals surface area (Å²) in [5, 5.41) is 3.64. The molecule has 1 aromatic heterocycles. The summed E-state index contributed by atoms with van der Waals surface area (Å²) in [6.45, 7) is 12.2. The number of hydrogen-bond donors (Lipinski definition) is 1. The Morgan fingerprint density at radius 1 is 1.33 bits per heavy atom. The van der Waals surface area contributed by atoms with Crippen molar-refractivity contribution in [2.75, 3.05) is 0 Å². The molecule has 0 aliphatic heterocycles. The highest BCUT2D eigenvalue weighted by atomic mass is 32.1. The molecule has 15 heavy (non-hydrogen) atoms. The summed E-state index contributed by atoms with van der Waals surface area (Å²) in [5.74, 6) is 0.720. The summed E-state index contributed by atoms with van der Waals surface area (Å²) in [5.41, 5.74) is 1.43. The molecule has 1 unspecified atom stereocenters. The van der Waals surface area contributed by atoms with E-state index in [1.807, 2.05) is 11.3 Å². The van der Waals surface area contributed by atoms with Gasteiger partial charge >= 0.3 is 0 Å². The van der Waals surface area contributed by atoms with Gasteiger partial charge in [-0.15, -0.1) is 11.3 Å². The number of thiophene rings is 1. The first-order valence-corrected chi connectivity index (χ1v) is 6.65. The van der Waals surface area contributed by atoms with E-state index in [1.54, 1.807) is 0 Å². The fourth-order valence-corrected chi connectivity index (χ4v) is 2.82. The minimum absolute atomic E-state index is 0.646. The van der Waals surface area contributed by atoms with Crippen LogP contribution in [-0.4, -0.2) is 6.04 Å². The van der Waals surface area contributed by atoms with E-state index in [-0.39, 0.29) is 0 Å². The van der Waals surface area contributed by atoms with Gasteiger partial charge in [-0.25, -0.2) is 0 Å². The maximum atomic E-state index is 3.64. The molecule has 0 saturated heterocycles. The van der Waals surface area contributed by atoms with Gasteiger partial charge in [0, 0.05) is 22.3 Å². The van der Waals surface area contributed by atoms with Gasteiger partial charge in [-0.05, 0) is 37.8 Å². The van der Waals surface area contributed by atoms with Crippen LogP contribution in [0.1, 0.15) is 42.5 Å². The van der Waals surface area contributed by atoms with Crippen LogP contribution in [-0.2, 0) is 6.54 Å². The van der Waals surface area contributed by atoms with Crippen LogP contribution in [0.3, 0.4) is 0 Å². The van der Waals surface area contributed by atoms with E-state index in [0.29, 0.717) is 6.04 Å². The molecule has 0 aliphatic carbocycles. The lowest BCUT2D eigenvalue weighted by Gasteiger charge is -2.20. The second-order valence-corrected chi connectivity index (χ2v) is 5.93. The Morgan fingerprint density at radius 3 is 2.40 bits per heavy atom. The summed E-state index contributed by atoms with van der Waals surface area (Å²) < 4.78 is 0. The highest BCUT2D eigenvalue weighted by Crippen LogP contribution is 2.20. The largest absolute Gasteiger partial charge is 0.309 e. The molecule has 1 aromatic rings. The zero-order chi connectivity index (χ0) is 11.4. The Labute approximate surface area is 97.9 Å². The monoisotopic (exact) mass is 225 g/mol. The molecule has 86 valence electrons. The quantitative estimate of drug-likeness (QED) is 0.801. The van der Waals surface area contributed by atoms with Gasteiger partial charge in [0.2, 0.25) is 0 Å². The van der Waals surface area contributed by atoms with Gasteiger partial charge in [-0.1, -0.05) is 20.8 Å². The number of rotatable bonds is 5. The van der Waals surface area contributed by atoms with Gasteiger partial charge in [0.1, 0.15) is 0 Å². The van der Waals surface area contributed by atoms with Crippen LogP contribution in [0.4, 0.5) is 0 Å². The first kappa shape index (κ1) is 12.7. The van der Waals surface area contributed by atoms with E-state index in [0.717, 1.165) is 12.5 Å². The lowest BCUT2D eigenvalue weighted by atomic mass is 10.0. The van der Waals surface area contributed by atoms with Crippen molar-refractivity contribution in [3.05, 3.63) is 21.4 Å². The van der Waals surface area contributed by atoms with Crippen LogP contribution in [0.5, 0.6) is 0 Å². The average molecular weight is 225 g/mol. The van der Waals surface area contributed by atoms with Crippen molar-refractivity contribution in [1.82, 2.24) is 5.32 Å². The van der Waals surface area contributed by atoms with Crippen molar-refractivity contribution >= 4 is 11.3 Å². The summed E-state index contributed by atoms with van der Waals surface area (Å²) >= 11 is 1.92. The Balaban J connectivity index is 2.49. The van der Waals surface area contributed by atoms with Crippen molar-refractivity contribution in [1.29, 1.82) is 0 Å². The molecule has 1 atom stereocenters. The molecule has 1 nitrogen and oxygen atoms in total. The molecule has 2 heteroatoms. The average Bonchev–Trinajstić information content (AvgIpc) is 2.47. The van der Waals surface area contributed by atoms with E-state index in [4.69, 9.17) is 0 Å². The van der Waals surface area contributed by atoms with Gasteiger partial charge in [0.05, 0.1) is 0 Å². The maximum absolute atomic E-state index is 3.64. The van der Waals surface area contributed by atoms with Gasteiger partial charge in [-0.2, -0.15) is 0 Å². The lowest BCUT2D eigenvalue weighted by molar-refractivity contribution is 0.389. The number of hydrogen-bond acceptors (Lipinski definition) is 2. The first-order valence-electron chi connectivity index (χ1n) is 5.83.